The lowest BCUT2D eigenvalue weighted by atomic mass is 10.0. The largest absolute Gasteiger partial charge is 0.481 e. The average Bonchev–Trinajstić information content (AvgIpc) is 3.18. The molecule has 18 N–H and O–H groups in total. The summed E-state index contributed by atoms with van der Waals surface area (Å²) in [5, 5.41) is 72.2. The number of aliphatic hydroxyl groups is 1. The Morgan fingerprint density at radius 1 is 0.453 bits per heavy atom. The Kier molecular flexibility index (Phi) is 25.4. The van der Waals surface area contributed by atoms with Crippen LogP contribution in [0.5, 0.6) is 0 Å². The van der Waals surface area contributed by atoms with E-state index in [-0.39, 0.29) is 6.42 Å². The molecule has 0 aromatic carbocycles. The van der Waals surface area contributed by atoms with Crippen LogP contribution in [0.1, 0.15) is 65.7 Å². The van der Waals surface area contributed by atoms with Crippen molar-refractivity contribution in [1.29, 1.82) is 0 Å². The van der Waals surface area contributed by atoms with E-state index in [9.17, 15) is 82.8 Å². The Balaban J connectivity index is 6.20. The highest BCUT2D eigenvalue weighted by Gasteiger charge is 2.36. The summed E-state index contributed by atoms with van der Waals surface area (Å²) in [6, 6.07) is -14.2. The molecular weight excluding hydrogens is 864 g/mol. The number of aliphatic hydroxyl groups excluding tert-OH is 1. The predicted octanol–water partition coefficient (Wildman–Crippen LogP) is -7.40. The third-order valence-corrected chi connectivity index (χ3v) is 8.58. The third-order valence-electron chi connectivity index (χ3n) is 8.58. The van der Waals surface area contributed by atoms with Crippen molar-refractivity contribution in [3.63, 3.8) is 0 Å². The first-order valence-corrected chi connectivity index (χ1v) is 19.3. The second kappa shape index (κ2) is 28.6. The van der Waals surface area contributed by atoms with E-state index < -0.39 is 170 Å². The van der Waals surface area contributed by atoms with E-state index in [1.54, 1.807) is 0 Å². The number of nitrogens with two attached hydrogens (primary N) is 2. The molecule has 29 nitrogen and oxygen atoms in total. The van der Waals surface area contributed by atoms with E-state index in [4.69, 9.17) is 21.7 Å². The summed E-state index contributed by atoms with van der Waals surface area (Å²) in [6.45, 7) is 1.98. The summed E-state index contributed by atoms with van der Waals surface area (Å²) >= 11 is 0. The maximum atomic E-state index is 13.5. The number of carboxylic acids is 5. The minimum absolute atomic E-state index is 0.223. The minimum atomic E-state index is -2.09. The Hall–Kier alpha value is -7.01. The molecule has 8 atom stereocenters. The van der Waals surface area contributed by atoms with Crippen LogP contribution >= 0.6 is 0 Å². The average molecular weight is 921 g/mol. The molecule has 0 fully saturated rings. The Morgan fingerprint density at radius 2 is 0.828 bits per heavy atom. The maximum absolute atomic E-state index is 13.5. The summed E-state index contributed by atoms with van der Waals surface area (Å²) in [4.78, 5) is 161. The van der Waals surface area contributed by atoms with E-state index in [1.165, 1.54) is 20.8 Å². The molecule has 0 saturated carbocycles. The number of carbonyl (C=O) groups excluding carboxylic acids is 8. The SMILES string of the molecule is CC(C)[C@H](NC(=O)[C@H](CC(=O)O)NC(=O)[C@H](CC(=O)O)NC(=O)[C@H](C)NC(=O)[C@@H](N)CCCCN)C(=O)N[C@@H](CC(=O)O)C(=O)N[C@@H](CO)C(=O)N[C@@H](CC(=O)O)C(=O)NCC(=O)O. The van der Waals surface area contributed by atoms with Crippen LogP contribution in [0.4, 0.5) is 0 Å². The van der Waals surface area contributed by atoms with Crippen LogP contribution in [0.3, 0.4) is 0 Å². The molecule has 0 spiro atoms. The van der Waals surface area contributed by atoms with Crippen LogP contribution in [-0.4, -0.2) is 176 Å². The highest BCUT2D eigenvalue weighted by Crippen LogP contribution is 2.08. The first-order valence-electron chi connectivity index (χ1n) is 19.3. The van der Waals surface area contributed by atoms with Crippen LogP contribution in [0.15, 0.2) is 0 Å². The number of unbranched alkanes of at least 4 members (excludes halogenated alkanes) is 1. The summed E-state index contributed by atoms with van der Waals surface area (Å²) in [6.07, 6.45) is -3.28. The summed E-state index contributed by atoms with van der Waals surface area (Å²) in [5.74, 6) is -19.2. The number of carbonyl (C=O) groups is 13. The van der Waals surface area contributed by atoms with Crippen molar-refractivity contribution < 1.29 is 93.0 Å². The highest BCUT2D eigenvalue weighted by atomic mass is 16.4. The molecule has 0 aromatic heterocycles. The van der Waals surface area contributed by atoms with Crippen LogP contribution in [-0.2, 0) is 62.3 Å². The van der Waals surface area contributed by atoms with Gasteiger partial charge >= 0.3 is 29.8 Å². The Bertz CT molecular complexity index is 1740. The van der Waals surface area contributed by atoms with Gasteiger partial charge in [-0.3, -0.25) is 62.3 Å². The molecule has 360 valence electrons. The molecule has 0 saturated heterocycles. The molecule has 0 bridgehead atoms. The fraction of sp³-hybridized carbons (Fsp3) is 0.629. The van der Waals surface area contributed by atoms with Gasteiger partial charge in [0.05, 0.1) is 38.3 Å². The second-order valence-corrected chi connectivity index (χ2v) is 14.3. The van der Waals surface area contributed by atoms with E-state index in [1.807, 2.05) is 26.6 Å². The quantitative estimate of drug-likeness (QED) is 0.0287. The van der Waals surface area contributed by atoms with Crippen molar-refractivity contribution in [2.24, 2.45) is 17.4 Å². The van der Waals surface area contributed by atoms with Gasteiger partial charge in [-0.15, -0.1) is 0 Å². The van der Waals surface area contributed by atoms with Gasteiger partial charge in [0.15, 0.2) is 0 Å². The molecule has 0 heterocycles. The lowest BCUT2D eigenvalue weighted by Crippen LogP contribution is -2.61. The van der Waals surface area contributed by atoms with Crippen LogP contribution in [0.25, 0.3) is 0 Å². The number of hydrogen-bond donors (Lipinski definition) is 16. The van der Waals surface area contributed by atoms with Crippen molar-refractivity contribution >= 4 is 77.1 Å². The van der Waals surface area contributed by atoms with Gasteiger partial charge in [0, 0.05) is 0 Å². The van der Waals surface area contributed by atoms with Crippen molar-refractivity contribution in [2.75, 3.05) is 19.7 Å². The standard InChI is InChI=1S/C35H56N10O19/c1-14(2)27(35(64)43-19(10-24(51)52)32(61)44-21(13-46)34(63)41-17(8-22(47)48)30(59)38-12-26(55)56)45-33(62)20(11-25(53)54)42-31(60)18(9-23(49)50)40-28(57)15(3)39-29(58)16(37)6-4-5-7-36/h14-21,27,46H,4-13,36-37H2,1-3H3,(H,38,59)(H,39,58)(H,40,57)(H,41,63)(H,42,60)(H,43,64)(H,44,61)(H,45,62)(H,47,48)(H,49,50)(H,51,52)(H,53,54)(H,55,56)/t15-,16-,17-,18-,19-,20-,21-,27-/m0/s1. The first kappa shape index (κ1) is 57.0. The summed E-state index contributed by atoms with van der Waals surface area (Å²) in [5.41, 5.74) is 11.2. The van der Waals surface area contributed by atoms with Gasteiger partial charge < -0.3 is 84.6 Å². The smallest absolute Gasteiger partial charge is 0.322 e. The van der Waals surface area contributed by atoms with E-state index in [0.717, 1.165) is 0 Å². The van der Waals surface area contributed by atoms with Crippen LogP contribution in [0, 0.1) is 5.92 Å². The van der Waals surface area contributed by atoms with Gasteiger partial charge in [0.2, 0.25) is 47.3 Å². The van der Waals surface area contributed by atoms with Crippen molar-refractivity contribution in [3.05, 3.63) is 0 Å². The van der Waals surface area contributed by atoms with Crippen molar-refractivity contribution in [1.82, 2.24) is 42.5 Å². The zero-order valence-electron chi connectivity index (χ0n) is 34.9. The maximum Gasteiger partial charge on any atom is 0.322 e. The topological polar surface area (TPSA) is 492 Å². The monoisotopic (exact) mass is 920 g/mol. The third kappa shape index (κ3) is 22.2. The molecule has 0 aliphatic carbocycles. The number of nitrogens with one attached hydrogen (secondary N) is 8. The normalized spacial score (nSPS) is 14.5. The molecule has 64 heavy (non-hydrogen) atoms. The minimum Gasteiger partial charge on any atom is -0.481 e. The van der Waals surface area contributed by atoms with Crippen LogP contribution < -0.4 is 54.0 Å². The number of carboxylic acid groups (broad SMARTS) is 5. The lowest BCUT2D eigenvalue weighted by molar-refractivity contribution is -0.144. The van der Waals surface area contributed by atoms with E-state index in [2.05, 4.69) is 16.0 Å². The molecule has 0 radical (unpaired) electrons. The summed E-state index contributed by atoms with van der Waals surface area (Å²) < 4.78 is 0. The van der Waals surface area contributed by atoms with Gasteiger partial charge in [-0.1, -0.05) is 20.3 Å². The zero-order chi connectivity index (χ0) is 49.4. The van der Waals surface area contributed by atoms with Gasteiger partial charge in [0.1, 0.15) is 48.8 Å². The molecule has 0 rings (SSSR count). The van der Waals surface area contributed by atoms with Crippen molar-refractivity contribution in [3.8, 4) is 0 Å². The predicted molar refractivity (Wildman–Crippen MR) is 212 cm³/mol. The Morgan fingerprint density at radius 3 is 1.22 bits per heavy atom. The number of hydrogen-bond acceptors (Lipinski definition) is 16. The van der Waals surface area contributed by atoms with Gasteiger partial charge in [-0.05, 0) is 32.2 Å². The van der Waals surface area contributed by atoms with Gasteiger partial charge in [-0.25, -0.2) is 0 Å². The fourth-order valence-electron chi connectivity index (χ4n) is 5.21. The fourth-order valence-corrected chi connectivity index (χ4v) is 5.21. The number of rotatable bonds is 31. The van der Waals surface area contributed by atoms with Gasteiger partial charge in [-0.2, -0.15) is 0 Å². The highest BCUT2D eigenvalue weighted by molar-refractivity contribution is 6.00. The first-order chi connectivity index (χ1) is 29.7. The lowest BCUT2D eigenvalue weighted by Gasteiger charge is -2.28. The van der Waals surface area contributed by atoms with Crippen molar-refractivity contribution in [2.45, 2.75) is 114 Å². The molecule has 29 heteroatoms. The molecule has 0 aliphatic rings. The van der Waals surface area contributed by atoms with Crippen LogP contribution in [0.2, 0.25) is 0 Å². The second-order valence-electron chi connectivity index (χ2n) is 14.3. The summed E-state index contributed by atoms with van der Waals surface area (Å²) in [7, 11) is 0. The molecular formula is C35H56N10O19. The molecule has 0 aromatic rings. The molecule has 8 amide bonds. The van der Waals surface area contributed by atoms with E-state index in [0.29, 0.717) is 19.4 Å². The number of amides is 8. The zero-order valence-corrected chi connectivity index (χ0v) is 34.9. The van der Waals surface area contributed by atoms with E-state index >= 15 is 0 Å². The van der Waals surface area contributed by atoms with Gasteiger partial charge in [0.25, 0.3) is 0 Å². The molecule has 0 aliphatic heterocycles. The number of aliphatic carboxylic acids is 5. The molecule has 0 unspecified atom stereocenters. The Labute approximate surface area is 363 Å².